The van der Waals surface area contributed by atoms with Crippen molar-refractivity contribution in [2.45, 2.75) is 19.6 Å². The molecule has 1 N–H and O–H groups in total. The molecule has 8 rings (SSSR count). The van der Waals surface area contributed by atoms with Crippen molar-refractivity contribution in [2.75, 3.05) is 39.5 Å². The normalized spacial score (nSPS) is 17.1. The Morgan fingerprint density at radius 1 is 0.553 bits per heavy atom. The molecule has 0 unspecified atom stereocenters. The zero-order chi connectivity index (χ0) is 31.7. The van der Waals surface area contributed by atoms with Gasteiger partial charge < -0.3 is 18.6 Å². The van der Waals surface area contributed by atoms with Gasteiger partial charge in [-0.05, 0) is 28.5 Å². The molecule has 2 aliphatic heterocycles. The van der Waals surface area contributed by atoms with Crippen molar-refractivity contribution in [1.29, 1.82) is 0 Å². The lowest BCUT2D eigenvalue weighted by molar-refractivity contribution is -0.122. The van der Waals surface area contributed by atoms with Crippen molar-refractivity contribution in [3.8, 4) is 0 Å². The minimum Gasteiger partial charge on any atom is -0.378 e. The molecular formula is C39H36N4O4. The first-order valence-corrected chi connectivity index (χ1v) is 16.3. The summed E-state index contributed by atoms with van der Waals surface area (Å²) in [7, 11) is 0. The third kappa shape index (κ3) is 5.54. The number of para-hydroxylation sites is 2. The third-order valence-corrected chi connectivity index (χ3v) is 9.38. The molecule has 0 atom stereocenters. The second kappa shape index (κ2) is 12.6. The van der Waals surface area contributed by atoms with Gasteiger partial charge in [0.25, 0.3) is 11.8 Å². The number of nitrogens with zero attached hydrogens (tertiary/aromatic N) is 3. The standard InChI is InChI=1S/C39H36N4O4/c44-38-36-32-25-42(34-14-5-3-12-30(32)34)17-16-41(24-28-10-7-9-27-8-1-2-11-29(27)28)18-20-46-22-23-47-21-19-43-26-33(37(36)39(45)40-38)31-13-4-6-15-35(31)43/h1-15,25-26H,16-24H2,(H,40,44,45). The second-order valence-corrected chi connectivity index (χ2v) is 12.2. The highest BCUT2D eigenvalue weighted by Gasteiger charge is 2.35. The molecule has 2 aliphatic rings. The molecule has 6 aromatic rings. The molecular weight excluding hydrogens is 588 g/mol. The summed E-state index contributed by atoms with van der Waals surface area (Å²) in [5, 5.41) is 6.97. The predicted molar refractivity (Wildman–Crippen MR) is 185 cm³/mol. The molecule has 2 amide bonds. The summed E-state index contributed by atoms with van der Waals surface area (Å²) in [6.07, 6.45) is 4.03. The number of aromatic nitrogens is 2. The van der Waals surface area contributed by atoms with Crippen molar-refractivity contribution in [1.82, 2.24) is 19.4 Å². The topological polar surface area (TPSA) is 77.7 Å². The molecule has 0 spiro atoms. The lowest BCUT2D eigenvalue weighted by atomic mass is 9.95. The van der Waals surface area contributed by atoms with E-state index >= 15 is 0 Å². The fourth-order valence-electron chi connectivity index (χ4n) is 7.10. The molecule has 0 aliphatic carbocycles. The van der Waals surface area contributed by atoms with E-state index in [1.807, 2.05) is 54.9 Å². The van der Waals surface area contributed by atoms with E-state index in [9.17, 15) is 9.59 Å². The predicted octanol–water partition coefficient (Wildman–Crippen LogP) is 5.87. The molecule has 2 aromatic heterocycles. The Kier molecular flexibility index (Phi) is 7.90. The highest BCUT2D eigenvalue weighted by atomic mass is 16.5. The number of carbonyl (C=O) groups excluding carboxylic acids is 2. The van der Waals surface area contributed by atoms with E-state index in [0.717, 1.165) is 52.6 Å². The Morgan fingerprint density at radius 2 is 1.11 bits per heavy atom. The van der Waals surface area contributed by atoms with Gasteiger partial charge in [-0.15, -0.1) is 0 Å². The van der Waals surface area contributed by atoms with E-state index < -0.39 is 0 Å². The van der Waals surface area contributed by atoms with Gasteiger partial charge in [-0.25, -0.2) is 0 Å². The first-order valence-electron chi connectivity index (χ1n) is 16.3. The van der Waals surface area contributed by atoms with E-state index in [0.29, 0.717) is 50.7 Å². The van der Waals surface area contributed by atoms with Gasteiger partial charge in [-0.1, -0.05) is 78.9 Å². The number of ether oxygens (including phenoxy) is 2. The molecule has 4 aromatic carbocycles. The van der Waals surface area contributed by atoms with Gasteiger partial charge in [0.2, 0.25) is 0 Å². The summed E-state index contributed by atoms with van der Waals surface area (Å²) in [5.41, 5.74) is 5.64. The van der Waals surface area contributed by atoms with Gasteiger partial charge in [0.05, 0.1) is 37.6 Å². The largest absolute Gasteiger partial charge is 0.378 e. The van der Waals surface area contributed by atoms with E-state index in [1.165, 1.54) is 16.3 Å². The highest BCUT2D eigenvalue weighted by Crippen LogP contribution is 2.39. The van der Waals surface area contributed by atoms with E-state index in [4.69, 9.17) is 9.47 Å². The summed E-state index contributed by atoms with van der Waals surface area (Å²) in [5.74, 6) is -0.737. The van der Waals surface area contributed by atoms with Crippen LogP contribution in [0.15, 0.2) is 103 Å². The average molecular weight is 625 g/mol. The number of nitrogens with one attached hydrogen (secondary N) is 1. The van der Waals surface area contributed by atoms with Crippen LogP contribution in [0.5, 0.6) is 0 Å². The fourth-order valence-corrected chi connectivity index (χ4v) is 7.10. The second-order valence-electron chi connectivity index (χ2n) is 12.2. The SMILES string of the molecule is O=C1NC(=O)C2=C1c1cn(c3ccccc13)CCOCCOCCN(Cc1cccc3ccccc13)CCn1cc2c2ccccc21. The van der Waals surface area contributed by atoms with Crippen molar-refractivity contribution in [3.63, 3.8) is 0 Å². The van der Waals surface area contributed by atoms with Gasteiger partial charge in [-0.3, -0.25) is 19.8 Å². The van der Waals surface area contributed by atoms with Crippen LogP contribution in [0.1, 0.15) is 16.7 Å². The minimum absolute atomic E-state index is 0.367. The van der Waals surface area contributed by atoms with Crippen LogP contribution in [0, 0.1) is 0 Å². The molecule has 4 heterocycles. The summed E-state index contributed by atoms with van der Waals surface area (Å²) in [4.78, 5) is 29.6. The molecule has 0 fully saturated rings. The van der Waals surface area contributed by atoms with Gasteiger partial charge >= 0.3 is 0 Å². The number of rotatable bonds is 2. The average Bonchev–Trinajstić information content (AvgIpc) is 3.74. The van der Waals surface area contributed by atoms with Crippen LogP contribution in [0.25, 0.3) is 43.7 Å². The zero-order valence-electron chi connectivity index (χ0n) is 26.2. The minimum atomic E-state index is -0.370. The van der Waals surface area contributed by atoms with Crippen LogP contribution in [-0.2, 0) is 38.7 Å². The number of amides is 2. The summed E-state index contributed by atoms with van der Waals surface area (Å²) >= 11 is 0. The first kappa shape index (κ1) is 29.4. The van der Waals surface area contributed by atoms with Crippen molar-refractivity contribution in [2.24, 2.45) is 0 Å². The van der Waals surface area contributed by atoms with Crippen LogP contribution >= 0.6 is 0 Å². The molecule has 8 heteroatoms. The molecule has 236 valence electrons. The Balaban J connectivity index is 1.22. The molecule has 0 radical (unpaired) electrons. The molecule has 8 nitrogen and oxygen atoms in total. The maximum absolute atomic E-state index is 13.6. The smallest absolute Gasteiger partial charge is 0.259 e. The number of benzene rings is 4. The number of carbonyl (C=O) groups is 2. The quantitative estimate of drug-likeness (QED) is 0.244. The van der Waals surface area contributed by atoms with Crippen LogP contribution < -0.4 is 5.32 Å². The Morgan fingerprint density at radius 3 is 1.79 bits per heavy atom. The third-order valence-electron chi connectivity index (χ3n) is 9.38. The maximum Gasteiger partial charge on any atom is 0.259 e. The van der Waals surface area contributed by atoms with E-state index in [-0.39, 0.29) is 11.8 Å². The van der Waals surface area contributed by atoms with E-state index in [2.05, 4.69) is 67.9 Å². The number of hydrogen-bond donors (Lipinski definition) is 1. The lowest BCUT2D eigenvalue weighted by Gasteiger charge is -2.24. The maximum atomic E-state index is 13.6. The van der Waals surface area contributed by atoms with Gasteiger partial charge in [-0.2, -0.15) is 0 Å². The summed E-state index contributed by atoms with van der Waals surface area (Å²) in [6.45, 7) is 5.73. The summed E-state index contributed by atoms with van der Waals surface area (Å²) < 4.78 is 16.3. The van der Waals surface area contributed by atoms with Crippen molar-refractivity contribution >= 4 is 55.5 Å². The molecule has 47 heavy (non-hydrogen) atoms. The summed E-state index contributed by atoms with van der Waals surface area (Å²) in [6, 6.07) is 31.1. The Hall–Kier alpha value is -5.02. The van der Waals surface area contributed by atoms with Crippen molar-refractivity contribution < 1.29 is 19.1 Å². The van der Waals surface area contributed by atoms with Gasteiger partial charge in [0.15, 0.2) is 0 Å². The molecule has 0 saturated heterocycles. The van der Waals surface area contributed by atoms with E-state index in [1.54, 1.807) is 0 Å². The fraction of sp³-hybridized carbons (Fsp3) is 0.231. The lowest BCUT2D eigenvalue weighted by Crippen LogP contribution is -2.31. The van der Waals surface area contributed by atoms with Crippen LogP contribution in [0.4, 0.5) is 0 Å². The molecule has 4 bridgehead atoms. The Labute approximate surface area is 272 Å². The molecule has 0 saturated carbocycles. The van der Waals surface area contributed by atoms with Gasteiger partial charge in [0, 0.05) is 78.1 Å². The monoisotopic (exact) mass is 624 g/mol. The van der Waals surface area contributed by atoms with Crippen LogP contribution in [0.2, 0.25) is 0 Å². The van der Waals surface area contributed by atoms with Crippen LogP contribution in [-0.4, -0.2) is 65.4 Å². The first-order chi connectivity index (χ1) is 23.2. The number of imide groups is 1. The number of hydrogen-bond acceptors (Lipinski definition) is 5. The highest BCUT2D eigenvalue weighted by molar-refractivity contribution is 6.50. The zero-order valence-corrected chi connectivity index (χ0v) is 26.2. The number of fused-ring (bicyclic) bond motifs is 13. The van der Waals surface area contributed by atoms with Crippen molar-refractivity contribution in [3.05, 3.63) is 120 Å². The van der Waals surface area contributed by atoms with Crippen LogP contribution in [0.3, 0.4) is 0 Å². The Bertz CT molecular complexity index is 2170. The van der Waals surface area contributed by atoms with Gasteiger partial charge in [0.1, 0.15) is 0 Å².